The minimum Gasteiger partial charge on any atom is -0.463 e. The number of piperidine rings is 1. The summed E-state index contributed by atoms with van der Waals surface area (Å²) in [6, 6.07) is -0.961. The number of nitrogens with zero attached hydrogens (tertiary/aromatic N) is 2. The van der Waals surface area contributed by atoms with Gasteiger partial charge >= 0.3 is 5.97 Å². The first-order valence-corrected chi connectivity index (χ1v) is 13.3. The molecular formula is C28H51N3O4. The van der Waals surface area contributed by atoms with Gasteiger partial charge in [0.1, 0.15) is 6.04 Å². The Morgan fingerprint density at radius 1 is 1.11 bits per heavy atom. The second kappa shape index (κ2) is 13.4. The zero-order chi connectivity index (χ0) is 27.1. The van der Waals surface area contributed by atoms with E-state index >= 15 is 0 Å². The van der Waals surface area contributed by atoms with Gasteiger partial charge in [-0.05, 0) is 57.8 Å². The van der Waals surface area contributed by atoms with Gasteiger partial charge in [-0.1, -0.05) is 54.0 Å². The zero-order valence-electron chi connectivity index (χ0n) is 24.1. The molecule has 0 radical (unpaired) electrons. The second-order valence-corrected chi connectivity index (χ2v) is 11.7. The highest BCUT2D eigenvalue weighted by Crippen LogP contribution is 2.28. The number of carbonyl (C=O) groups excluding carboxylic acids is 3. The Bertz CT molecular complexity index is 754. The highest BCUT2D eigenvalue weighted by atomic mass is 16.5. The van der Waals surface area contributed by atoms with E-state index in [4.69, 9.17) is 4.74 Å². The molecule has 1 fully saturated rings. The van der Waals surface area contributed by atoms with Crippen LogP contribution in [0.2, 0.25) is 0 Å². The molecule has 0 bridgehead atoms. The third-order valence-electron chi connectivity index (χ3n) is 7.16. The topological polar surface area (TPSA) is 79.0 Å². The number of likely N-dealkylation sites (N-methyl/N-ethyl adjacent to an activating group) is 1. The monoisotopic (exact) mass is 493 g/mol. The van der Waals surface area contributed by atoms with Crippen molar-refractivity contribution in [1.29, 1.82) is 0 Å². The Labute approximate surface area is 214 Å². The van der Waals surface area contributed by atoms with Crippen molar-refractivity contribution in [3.8, 4) is 0 Å². The van der Waals surface area contributed by atoms with Crippen LogP contribution in [0.15, 0.2) is 11.6 Å². The molecular weight excluding hydrogens is 442 g/mol. The number of hydrogen-bond donors (Lipinski definition) is 1. The maximum absolute atomic E-state index is 13.8. The molecule has 0 aromatic carbocycles. The van der Waals surface area contributed by atoms with Gasteiger partial charge in [-0.3, -0.25) is 14.5 Å². The van der Waals surface area contributed by atoms with Crippen molar-refractivity contribution in [2.24, 2.45) is 17.3 Å². The van der Waals surface area contributed by atoms with Crippen LogP contribution >= 0.6 is 0 Å². The number of rotatable bonds is 10. The summed E-state index contributed by atoms with van der Waals surface area (Å²) in [7, 11) is 1.75. The maximum Gasteiger partial charge on any atom is 0.333 e. The van der Waals surface area contributed by atoms with Crippen molar-refractivity contribution in [2.75, 3.05) is 20.2 Å². The van der Waals surface area contributed by atoms with Gasteiger partial charge in [0.05, 0.1) is 18.7 Å². The molecule has 1 saturated heterocycles. The SMILES string of the molecule is CCOC(=O)C(C)=C[C@H](C(C)C)N(C)C(=O)[C@@H](NC(=O)[C@@H]1CC[C@H](CC)CN1C(C)C)C(C)(C)C. The van der Waals surface area contributed by atoms with E-state index in [9.17, 15) is 14.4 Å². The van der Waals surface area contributed by atoms with E-state index in [0.717, 1.165) is 25.8 Å². The predicted molar refractivity (Wildman–Crippen MR) is 142 cm³/mol. The first-order valence-electron chi connectivity index (χ1n) is 13.3. The highest BCUT2D eigenvalue weighted by Gasteiger charge is 2.40. The standard InChI is InChI=1S/C28H51N3O4/c1-12-21-14-15-22(31(17-21)19(5)6)25(32)29-24(28(8,9)10)26(33)30(11)23(18(3)4)16-20(7)27(34)35-13-2/h16,18-19,21-24H,12-15,17H2,1-11H3,(H,29,32)/t21-,22-,23+,24+/m0/s1. The van der Waals surface area contributed by atoms with E-state index in [2.05, 4.69) is 31.0 Å². The lowest BCUT2D eigenvalue weighted by Gasteiger charge is -2.43. The molecule has 0 saturated carbocycles. The molecule has 7 nitrogen and oxygen atoms in total. The Kier molecular flexibility index (Phi) is 11.9. The number of likely N-dealkylation sites (tertiary alicyclic amines) is 1. The maximum atomic E-state index is 13.8. The lowest BCUT2D eigenvalue weighted by Crippen LogP contribution is -2.61. The summed E-state index contributed by atoms with van der Waals surface area (Å²) in [5.74, 6) is 0.0699. The Morgan fingerprint density at radius 2 is 1.71 bits per heavy atom. The molecule has 1 N–H and O–H groups in total. The number of esters is 1. The molecule has 202 valence electrons. The fraction of sp³-hybridized carbons (Fsp3) is 0.821. The lowest BCUT2D eigenvalue weighted by atomic mass is 9.84. The smallest absolute Gasteiger partial charge is 0.333 e. The van der Waals surface area contributed by atoms with Crippen molar-refractivity contribution < 1.29 is 19.1 Å². The van der Waals surface area contributed by atoms with Crippen LogP contribution in [0.25, 0.3) is 0 Å². The normalized spacial score (nSPS) is 21.6. The number of hydrogen-bond acceptors (Lipinski definition) is 5. The summed E-state index contributed by atoms with van der Waals surface area (Å²) < 4.78 is 5.12. The molecule has 0 unspecified atom stereocenters. The van der Waals surface area contributed by atoms with E-state index in [1.807, 2.05) is 34.6 Å². The van der Waals surface area contributed by atoms with Gasteiger partial charge in [0.15, 0.2) is 0 Å². The van der Waals surface area contributed by atoms with Crippen LogP contribution in [-0.2, 0) is 19.1 Å². The highest BCUT2D eigenvalue weighted by molar-refractivity contribution is 5.91. The van der Waals surface area contributed by atoms with Gasteiger partial charge in [-0.15, -0.1) is 0 Å². The largest absolute Gasteiger partial charge is 0.463 e. The van der Waals surface area contributed by atoms with E-state index in [1.54, 1.807) is 31.9 Å². The van der Waals surface area contributed by atoms with Gasteiger partial charge in [0, 0.05) is 25.2 Å². The van der Waals surface area contributed by atoms with Crippen molar-refractivity contribution in [1.82, 2.24) is 15.1 Å². The molecule has 7 heteroatoms. The van der Waals surface area contributed by atoms with Gasteiger partial charge in [0.2, 0.25) is 11.8 Å². The zero-order valence-corrected chi connectivity index (χ0v) is 24.1. The molecule has 4 atom stereocenters. The van der Waals surface area contributed by atoms with Crippen molar-refractivity contribution in [2.45, 2.75) is 113 Å². The van der Waals surface area contributed by atoms with Gasteiger partial charge in [-0.25, -0.2) is 4.79 Å². The van der Waals surface area contributed by atoms with E-state index in [0.29, 0.717) is 18.1 Å². The molecule has 2 amide bonds. The number of ether oxygens (including phenoxy) is 1. The summed E-state index contributed by atoms with van der Waals surface area (Å²) in [5.41, 5.74) is -0.00655. The molecule has 1 aliphatic heterocycles. The summed E-state index contributed by atoms with van der Waals surface area (Å²) in [4.78, 5) is 43.5. The van der Waals surface area contributed by atoms with Crippen LogP contribution in [0.4, 0.5) is 0 Å². The average molecular weight is 494 g/mol. The molecule has 35 heavy (non-hydrogen) atoms. The van der Waals surface area contributed by atoms with Crippen LogP contribution in [-0.4, -0.2) is 72.0 Å². The van der Waals surface area contributed by atoms with Crippen LogP contribution in [0.3, 0.4) is 0 Å². The molecule has 0 aliphatic carbocycles. The molecule has 1 rings (SSSR count). The van der Waals surface area contributed by atoms with Crippen LogP contribution in [0, 0.1) is 17.3 Å². The van der Waals surface area contributed by atoms with Crippen molar-refractivity contribution in [3.63, 3.8) is 0 Å². The molecule has 1 heterocycles. The van der Waals surface area contributed by atoms with E-state index in [1.165, 1.54) is 0 Å². The quantitative estimate of drug-likeness (QED) is 0.360. The number of nitrogens with one attached hydrogen (secondary N) is 1. The number of carbonyl (C=O) groups is 3. The summed E-state index contributed by atoms with van der Waals surface area (Å²) in [5, 5.41) is 3.13. The Hall–Kier alpha value is -1.89. The first kappa shape index (κ1) is 31.1. The van der Waals surface area contributed by atoms with Gasteiger partial charge in [-0.2, -0.15) is 0 Å². The van der Waals surface area contributed by atoms with Crippen LogP contribution < -0.4 is 5.32 Å². The van der Waals surface area contributed by atoms with Crippen LogP contribution in [0.1, 0.15) is 88.5 Å². The fourth-order valence-corrected chi connectivity index (χ4v) is 4.82. The minimum absolute atomic E-state index is 0.0744. The second-order valence-electron chi connectivity index (χ2n) is 11.7. The van der Waals surface area contributed by atoms with Gasteiger partial charge < -0.3 is 15.0 Å². The summed E-state index contributed by atoms with van der Waals surface area (Å²) >= 11 is 0. The minimum atomic E-state index is -0.685. The fourth-order valence-electron chi connectivity index (χ4n) is 4.82. The lowest BCUT2D eigenvalue weighted by molar-refractivity contribution is -0.142. The summed E-state index contributed by atoms with van der Waals surface area (Å²) in [6.45, 7) is 21.1. The molecule has 0 spiro atoms. The predicted octanol–water partition coefficient (Wildman–Crippen LogP) is 4.41. The Balaban J connectivity index is 3.17. The molecule has 0 aromatic heterocycles. The van der Waals surface area contributed by atoms with Crippen LogP contribution in [0.5, 0.6) is 0 Å². The number of amides is 2. The van der Waals surface area contributed by atoms with E-state index in [-0.39, 0.29) is 41.8 Å². The van der Waals surface area contributed by atoms with Gasteiger partial charge in [0.25, 0.3) is 0 Å². The third-order valence-corrected chi connectivity index (χ3v) is 7.16. The Morgan fingerprint density at radius 3 is 2.17 bits per heavy atom. The van der Waals surface area contributed by atoms with Crippen molar-refractivity contribution >= 4 is 17.8 Å². The summed E-state index contributed by atoms with van der Waals surface area (Å²) in [6.07, 6.45) is 4.74. The third kappa shape index (κ3) is 8.62. The van der Waals surface area contributed by atoms with E-state index < -0.39 is 11.5 Å². The van der Waals surface area contributed by atoms with Crippen molar-refractivity contribution in [3.05, 3.63) is 11.6 Å². The molecule has 0 aromatic rings. The first-order chi connectivity index (χ1) is 16.1. The molecule has 1 aliphatic rings. The average Bonchev–Trinajstić information content (AvgIpc) is 2.78.